The summed E-state index contributed by atoms with van der Waals surface area (Å²) in [5.41, 5.74) is 1.68. The molecule has 0 atom stereocenters. The molecule has 31 heavy (non-hydrogen) atoms. The molecule has 0 aromatic carbocycles. The summed E-state index contributed by atoms with van der Waals surface area (Å²) < 4.78 is 26.0. The van der Waals surface area contributed by atoms with Crippen molar-refractivity contribution in [2.45, 2.75) is 65.3 Å². The molecule has 0 fully saturated rings. The Kier molecular flexibility index (Phi) is 14.8. The second-order valence-corrected chi connectivity index (χ2v) is 23.0. The van der Waals surface area contributed by atoms with Crippen LogP contribution in [-0.2, 0) is 34.1 Å². The van der Waals surface area contributed by atoms with E-state index in [0.29, 0.717) is 0 Å². The number of hydrogen-bond acceptors (Lipinski definition) is 2. The quantitative estimate of drug-likeness (QED) is 0.215. The maximum absolute atomic E-state index is 13.2. The van der Waals surface area contributed by atoms with E-state index in [-0.39, 0.29) is 48.9 Å². The van der Waals surface area contributed by atoms with Crippen LogP contribution in [0, 0.1) is 23.0 Å². The summed E-state index contributed by atoms with van der Waals surface area (Å²) in [4.78, 5) is 7.91. The second kappa shape index (κ2) is 14.0. The van der Waals surface area contributed by atoms with E-state index in [1.165, 1.54) is 23.2 Å². The number of hydrogen-bond donors (Lipinski definition) is 0. The molecule has 2 heterocycles. The van der Waals surface area contributed by atoms with Gasteiger partial charge in [0.1, 0.15) is 0 Å². The van der Waals surface area contributed by atoms with Crippen molar-refractivity contribution in [3.05, 3.63) is 70.8 Å². The molecule has 0 saturated carbocycles. The van der Waals surface area contributed by atoms with Gasteiger partial charge in [-0.2, -0.15) is 32.0 Å². The first-order chi connectivity index (χ1) is 13.2. The van der Waals surface area contributed by atoms with Gasteiger partial charge in [-0.05, 0) is 28.3 Å². The van der Waals surface area contributed by atoms with E-state index in [9.17, 15) is 8.78 Å². The molecule has 0 unspecified atom stereocenters. The summed E-state index contributed by atoms with van der Waals surface area (Å²) in [6.45, 7) is 20.4. The van der Waals surface area contributed by atoms with Crippen molar-refractivity contribution in [2.75, 3.05) is 0 Å². The van der Waals surface area contributed by atoms with Crippen molar-refractivity contribution in [1.29, 1.82) is 0 Å². The van der Waals surface area contributed by atoms with E-state index >= 15 is 0 Å². The zero-order valence-electron chi connectivity index (χ0n) is 19.9. The van der Waals surface area contributed by atoms with Crippen LogP contribution in [0.3, 0.4) is 0 Å². The average Bonchev–Trinajstić information content (AvgIpc) is 2.52. The number of halogens is 2. The molecule has 1 radical (unpaired) electrons. The van der Waals surface area contributed by atoms with Gasteiger partial charge in [0.15, 0.2) is 0 Å². The Morgan fingerprint density at radius 2 is 1.16 bits per heavy atom. The third-order valence-corrected chi connectivity index (χ3v) is 13.5. The van der Waals surface area contributed by atoms with Gasteiger partial charge in [0, 0.05) is 8.80 Å². The van der Waals surface area contributed by atoms with Crippen molar-refractivity contribution in [3.8, 4) is 0 Å². The predicted molar refractivity (Wildman–Crippen MR) is 128 cm³/mol. The van der Waals surface area contributed by atoms with Gasteiger partial charge < -0.3 is 0 Å². The molecule has 181 valence electrons. The molecule has 0 saturated heterocycles. The monoisotopic (exact) mass is 575 g/mol. The van der Waals surface area contributed by atoms with Crippen LogP contribution in [0.1, 0.15) is 18.3 Å². The van der Waals surface area contributed by atoms with Crippen LogP contribution in [0.4, 0.5) is 8.78 Å². The van der Waals surface area contributed by atoms with Crippen LogP contribution in [-0.4, -0.2) is 34.9 Å². The SMILES string of the molecule is C[C-](C[Si](C)C)c1cccc(F)n1.C[Si](C)(C)[C-](c1cccc(F)n1)[Si](C)(C)C.[Cu+].[Cu+]. The molecule has 2 aromatic rings. The van der Waals surface area contributed by atoms with Gasteiger partial charge in [-0.3, -0.25) is 9.97 Å². The van der Waals surface area contributed by atoms with Crippen LogP contribution in [0.25, 0.3) is 0 Å². The fraction of sp³-hybridized carbons (Fsp3) is 0.455. The van der Waals surface area contributed by atoms with Gasteiger partial charge in [0.05, 0.1) is 0 Å². The Bertz CT molecular complexity index is 768. The Labute approximate surface area is 213 Å². The minimum atomic E-state index is -1.44. The van der Waals surface area contributed by atoms with Gasteiger partial charge in [0.2, 0.25) is 11.9 Å². The van der Waals surface area contributed by atoms with Gasteiger partial charge in [-0.25, -0.2) is 0 Å². The molecule has 0 amide bonds. The topological polar surface area (TPSA) is 25.8 Å². The van der Waals surface area contributed by atoms with Gasteiger partial charge >= 0.3 is 34.1 Å². The standard InChI is InChI=1S/C12H21FNSi2.C10H14FNSi.2Cu/c1-15(2,3)12(16(4,5)6)10-8-7-9-11(13)14-10;1-8(7-13(2)3)9-5-4-6-10(11)12-9;;/h7-9H,1-6H3;4-6H,7H2,1-3H3;;/q2*-1;2*+1. The van der Waals surface area contributed by atoms with Crippen molar-refractivity contribution >= 4 is 24.9 Å². The molecule has 0 aliphatic rings. The molecule has 0 aliphatic heterocycles. The Morgan fingerprint density at radius 3 is 1.52 bits per heavy atom. The maximum atomic E-state index is 13.2. The largest absolute Gasteiger partial charge is 1.00 e. The van der Waals surface area contributed by atoms with E-state index in [2.05, 4.69) is 62.3 Å². The zero-order valence-corrected chi connectivity index (χ0v) is 24.8. The summed E-state index contributed by atoms with van der Waals surface area (Å²) in [5.74, 6) is 0.433. The smallest absolute Gasteiger partial charge is 0.260 e. The van der Waals surface area contributed by atoms with Gasteiger partial charge in [0.25, 0.3) is 0 Å². The van der Waals surface area contributed by atoms with Crippen LogP contribution < -0.4 is 0 Å². The third-order valence-electron chi connectivity index (χ3n) is 4.24. The fourth-order valence-electron chi connectivity index (χ4n) is 3.71. The fourth-order valence-corrected chi connectivity index (χ4v) is 15.8. The first-order valence-corrected chi connectivity index (χ1v) is 19.7. The molecule has 2 nitrogen and oxygen atoms in total. The maximum Gasteiger partial charge on any atom is 1.00 e. The molecule has 0 spiro atoms. The number of aromatic nitrogens is 2. The van der Waals surface area contributed by atoms with Gasteiger partial charge in [-0.15, -0.1) is 25.1 Å². The first-order valence-electron chi connectivity index (χ1n) is 9.97. The van der Waals surface area contributed by atoms with E-state index in [4.69, 9.17) is 0 Å². The predicted octanol–water partition coefficient (Wildman–Crippen LogP) is 6.81. The summed E-state index contributed by atoms with van der Waals surface area (Å²) in [6.07, 6.45) is 0. The molecular weight excluding hydrogens is 542 g/mol. The van der Waals surface area contributed by atoms with Crippen molar-refractivity contribution in [2.24, 2.45) is 0 Å². The van der Waals surface area contributed by atoms with Crippen molar-refractivity contribution < 1.29 is 42.9 Å². The normalized spacial score (nSPS) is 11.0. The molecule has 0 bridgehead atoms. The molecule has 2 rings (SSSR count). The Morgan fingerprint density at radius 1 is 0.774 bits per heavy atom. The van der Waals surface area contributed by atoms with Crippen LogP contribution >= 0.6 is 0 Å². The molecule has 2 aromatic heterocycles. The molecule has 9 heteroatoms. The number of rotatable bonds is 6. The molecule has 0 aliphatic carbocycles. The third kappa shape index (κ3) is 11.9. The number of nitrogens with zero attached hydrogens (tertiary/aromatic N) is 2. The van der Waals surface area contributed by atoms with Crippen LogP contribution in [0.5, 0.6) is 0 Å². The van der Waals surface area contributed by atoms with Crippen LogP contribution in [0.2, 0.25) is 58.4 Å². The van der Waals surface area contributed by atoms with Crippen molar-refractivity contribution in [3.63, 3.8) is 0 Å². The van der Waals surface area contributed by atoms with E-state index < -0.39 is 22.1 Å². The molecular formula is C22H35Cu2F2N2Si3. The first kappa shape index (κ1) is 32.8. The average molecular weight is 577 g/mol. The second-order valence-electron chi connectivity index (χ2n) is 9.73. The number of pyridine rings is 2. The summed E-state index contributed by atoms with van der Waals surface area (Å²) >= 11 is 0. The Hall–Kier alpha value is -0.410. The molecule has 0 N–H and O–H groups in total. The van der Waals surface area contributed by atoms with Crippen LogP contribution in [0.15, 0.2) is 36.4 Å². The minimum Gasteiger partial charge on any atom is -0.260 e. The summed E-state index contributed by atoms with van der Waals surface area (Å²) in [7, 11) is -3.17. The summed E-state index contributed by atoms with van der Waals surface area (Å²) in [6, 6.07) is 11.1. The van der Waals surface area contributed by atoms with Crippen molar-refractivity contribution in [1.82, 2.24) is 9.97 Å². The zero-order chi connectivity index (χ0) is 22.4. The summed E-state index contributed by atoms with van der Waals surface area (Å²) in [5, 5.41) is 1.46. The van der Waals surface area contributed by atoms with E-state index in [0.717, 1.165) is 17.4 Å². The Balaban J connectivity index is 0. The minimum absolute atomic E-state index is 0. The van der Waals surface area contributed by atoms with E-state index in [1.807, 2.05) is 19.1 Å². The van der Waals surface area contributed by atoms with Gasteiger partial charge in [-0.1, -0.05) is 63.8 Å². The van der Waals surface area contributed by atoms with E-state index in [1.54, 1.807) is 12.1 Å².